The predicted octanol–water partition coefficient (Wildman–Crippen LogP) is 4.97. The van der Waals surface area contributed by atoms with Gasteiger partial charge in [0.1, 0.15) is 17.3 Å². The van der Waals surface area contributed by atoms with Crippen molar-refractivity contribution in [2.75, 3.05) is 19.8 Å². The summed E-state index contributed by atoms with van der Waals surface area (Å²) in [6.07, 6.45) is 4.83. The lowest BCUT2D eigenvalue weighted by Crippen LogP contribution is -2.29. The van der Waals surface area contributed by atoms with E-state index in [1.807, 2.05) is 18.4 Å². The lowest BCUT2D eigenvalue weighted by Gasteiger charge is -2.18. The number of nitrogens with zero attached hydrogens (tertiary/aromatic N) is 4. The number of aryl methyl sites for hydroxylation is 1. The first-order valence-corrected chi connectivity index (χ1v) is 11.6. The monoisotopic (exact) mass is 467 g/mol. The standard InChI is InChI=1S/C24H23F2N5OS/c1-30(12-4-7-19-14-21(29-28-19)16-5-3-6-18(26)13-16)23(32)22-15-27-24(33-2)31(22)20-10-8-17(25)9-11-20/h3,5-6,8-11,13-15H,4,7,12H2,1-2H3,(H,28,29). The fourth-order valence-electron chi connectivity index (χ4n) is 3.56. The van der Waals surface area contributed by atoms with Gasteiger partial charge in [-0.25, -0.2) is 13.8 Å². The smallest absolute Gasteiger partial charge is 0.272 e. The predicted molar refractivity (Wildman–Crippen MR) is 125 cm³/mol. The highest BCUT2D eigenvalue weighted by atomic mass is 32.2. The molecule has 0 saturated carbocycles. The first kappa shape index (κ1) is 22.7. The van der Waals surface area contributed by atoms with Crippen LogP contribution in [0.15, 0.2) is 66.0 Å². The third-order valence-corrected chi connectivity index (χ3v) is 5.91. The van der Waals surface area contributed by atoms with Gasteiger partial charge in [0.25, 0.3) is 5.91 Å². The van der Waals surface area contributed by atoms with Crippen LogP contribution in [-0.2, 0) is 6.42 Å². The number of hydrogen-bond acceptors (Lipinski definition) is 4. The molecule has 9 heteroatoms. The summed E-state index contributed by atoms with van der Waals surface area (Å²) in [5.41, 5.74) is 3.40. The van der Waals surface area contributed by atoms with E-state index in [1.54, 1.807) is 40.9 Å². The average molecular weight is 468 g/mol. The van der Waals surface area contributed by atoms with Crippen LogP contribution in [0.1, 0.15) is 22.6 Å². The Morgan fingerprint density at radius 3 is 2.64 bits per heavy atom. The van der Waals surface area contributed by atoms with Crippen LogP contribution in [0.25, 0.3) is 16.9 Å². The Morgan fingerprint density at radius 2 is 1.91 bits per heavy atom. The minimum absolute atomic E-state index is 0.169. The molecule has 0 bridgehead atoms. The molecule has 1 N–H and O–H groups in total. The van der Waals surface area contributed by atoms with Crippen molar-refractivity contribution in [1.29, 1.82) is 0 Å². The largest absolute Gasteiger partial charge is 0.340 e. The second-order valence-corrected chi connectivity index (χ2v) is 8.33. The van der Waals surface area contributed by atoms with E-state index >= 15 is 0 Å². The van der Waals surface area contributed by atoms with Crippen molar-refractivity contribution in [3.63, 3.8) is 0 Å². The van der Waals surface area contributed by atoms with Crippen LogP contribution >= 0.6 is 11.8 Å². The van der Waals surface area contributed by atoms with E-state index < -0.39 is 0 Å². The molecular weight excluding hydrogens is 444 g/mol. The zero-order valence-electron chi connectivity index (χ0n) is 18.3. The average Bonchev–Trinajstić information content (AvgIpc) is 3.46. The first-order chi connectivity index (χ1) is 16.0. The number of rotatable bonds is 8. The maximum atomic E-state index is 13.4. The highest BCUT2D eigenvalue weighted by Crippen LogP contribution is 2.23. The van der Waals surface area contributed by atoms with Crippen LogP contribution in [0.4, 0.5) is 8.78 Å². The number of aromatic nitrogens is 4. The molecule has 4 aromatic rings. The molecule has 1 amide bonds. The lowest BCUT2D eigenvalue weighted by molar-refractivity contribution is 0.0785. The third-order valence-electron chi connectivity index (χ3n) is 5.25. The van der Waals surface area contributed by atoms with Crippen LogP contribution < -0.4 is 0 Å². The Kier molecular flexibility index (Phi) is 6.88. The summed E-state index contributed by atoms with van der Waals surface area (Å²) in [6.45, 7) is 0.524. The summed E-state index contributed by atoms with van der Waals surface area (Å²) >= 11 is 1.41. The zero-order valence-corrected chi connectivity index (χ0v) is 19.1. The second kappa shape index (κ2) is 9.99. The van der Waals surface area contributed by atoms with Crippen molar-refractivity contribution in [3.8, 4) is 16.9 Å². The topological polar surface area (TPSA) is 66.8 Å². The van der Waals surface area contributed by atoms with E-state index in [-0.39, 0.29) is 17.5 Å². The zero-order chi connectivity index (χ0) is 23.4. The lowest BCUT2D eigenvalue weighted by atomic mass is 10.1. The number of halogens is 2. The number of benzene rings is 2. The second-order valence-electron chi connectivity index (χ2n) is 7.56. The summed E-state index contributed by atoms with van der Waals surface area (Å²) in [5.74, 6) is -0.812. The normalized spacial score (nSPS) is 11.0. The molecule has 4 rings (SSSR count). The maximum Gasteiger partial charge on any atom is 0.272 e. The van der Waals surface area contributed by atoms with E-state index in [2.05, 4.69) is 15.2 Å². The van der Waals surface area contributed by atoms with Crippen molar-refractivity contribution in [1.82, 2.24) is 24.6 Å². The van der Waals surface area contributed by atoms with Crippen LogP contribution in [0.3, 0.4) is 0 Å². The van der Waals surface area contributed by atoms with Gasteiger partial charge in [0.05, 0.1) is 11.9 Å². The van der Waals surface area contributed by atoms with Gasteiger partial charge >= 0.3 is 0 Å². The van der Waals surface area contributed by atoms with E-state index in [4.69, 9.17) is 0 Å². The summed E-state index contributed by atoms with van der Waals surface area (Å²) in [5, 5.41) is 7.89. The SMILES string of the molecule is CSc1ncc(C(=O)N(C)CCCc2cc(-c3cccc(F)c3)n[nH]2)n1-c1ccc(F)cc1. The van der Waals surface area contributed by atoms with Gasteiger partial charge in [0.15, 0.2) is 5.16 Å². The minimum Gasteiger partial charge on any atom is -0.340 e. The molecule has 0 atom stereocenters. The Hall–Kier alpha value is -3.46. The Morgan fingerprint density at radius 1 is 1.12 bits per heavy atom. The number of amides is 1. The molecule has 0 radical (unpaired) electrons. The van der Waals surface area contributed by atoms with E-state index in [0.717, 1.165) is 5.69 Å². The third kappa shape index (κ3) is 5.14. The van der Waals surface area contributed by atoms with Crippen LogP contribution in [0.5, 0.6) is 0 Å². The van der Waals surface area contributed by atoms with Crippen molar-refractivity contribution in [3.05, 3.63) is 83.8 Å². The Balaban J connectivity index is 1.41. The van der Waals surface area contributed by atoms with Gasteiger partial charge in [0, 0.05) is 30.5 Å². The first-order valence-electron chi connectivity index (χ1n) is 10.4. The van der Waals surface area contributed by atoms with Crippen molar-refractivity contribution in [2.24, 2.45) is 0 Å². The summed E-state index contributed by atoms with van der Waals surface area (Å²) in [7, 11) is 1.74. The van der Waals surface area contributed by atoms with Crippen molar-refractivity contribution in [2.45, 2.75) is 18.0 Å². The van der Waals surface area contributed by atoms with Gasteiger partial charge in [-0.3, -0.25) is 14.5 Å². The number of aromatic amines is 1. The number of nitrogens with one attached hydrogen (secondary N) is 1. The number of carbonyl (C=O) groups is 1. The minimum atomic E-state index is -0.339. The molecule has 6 nitrogen and oxygen atoms in total. The molecule has 0 saturated heterocycles. The van der Waals surface area contributed by atoms with Gasteiger partial charge < -0.3 is 4.90 Å². The van der Waals surface area contributed by atoms with Gasteiger partial charge in [-0.2, -0.15) is 5.10 Å². The van der Waals surface area contributed by atoms with Gasteiger partial charge in [-0.05, 0) is 61.6 Å². The Bertz CT molecular complexity index is 1250. The van der Waals surface area contributed by atoms with Gasteiger partial charge in [-0.15, -0.1) is 0 Å². The molecule has 0 spiro atoms. The molecule has 0 aliphatic heterocycles. The van der Waals surface area contributed by atoms with Gasteiger partial charge in [-0.1, -0.05) is 23.9 Å². The molecule has 2 aromatic carbocycles. The summed E-state index contributed by atoms with van der Waals surface area (Å²) < 4.78 is 28.5. The van der Waals surface area contributed by atoms with Gasteiger partial charge in [0.2, 0.25) is 0 Å². The molecule has 0 aliphatic carbocycles. The summed E-state index contributed by atoms with van der Waals surface area (Å²) in [6, 6.07) is 14.2. The van der Waals surface area contributed by atoms with Crippen LogP contribution in [0.2, 0.25) is 0 Å². The Labute approximate surface area is 194 Å². The fourth-order valence-corrected chi connectivity index (χ4v) is 4.10. The molecule has 0 unspecified atom stereocenters. The highest BCUT2D eigenvalue weighted by molar-refractivity contribution is 7.98. The fraction of sp³-hybridized carbons (Fsp3) is 0.208. The molecule has 2 aromatic heterocycles. The van der Waals surface area contributed by atoms with E-state index in [0.29, 0.717) is 47.2 Å². The van der Waals surface area contributed by atoms with Crippen LogP contribution in [-0.4, -0.2) is 50.4 Å². The van der Waals surface area contributed by atoms with E-state index in [1.165, 1.54) is 36.0 Å². The molecule has 0 aliphatic rings. The molecular formula is C24H23F2N5OS. The molecule has 2 heterocycles. The number of imidazole rings is 1. The quantitative estimate of drug-likeness (QED) is 0.372. The highest BCUT2D eigenvalue weighted by Gasteiger charge is 2.21. The number of carbonyl (C=O) groups excluding carboxylic acids is 1. The van der Waals surface area contributed by atoms with Crippen molar-refractivity contribution >= 4 is 17.7 Å². The van der Waals surface area contributed by atoms with E-state index in [9.17, 15) is 13.6 Å². The number of H-pyrrole nitrogens is 1. The van der Waals surface area contributed by atoms with Crippen LogP contribution in [0, 0.1) is 11.6 Å². The summed E-state index contributed by atoms with van der Waals surface area (Å²) in [4.78, 5) is 19.1. The number of hydrogen-bond donors (Lipinski definition) is 1. The van der Waals surface area contributed by atoms with Crippen molar-refractivity contribution < 1.29 is 13.6 Å². The molecule has 33 heavy (non-hydrogen) atoms. The molecule has 170 valence electrons. The molecule has 0 fully saturated rings. The maximum absolute atomic E-state index is 13.4. The number of thioether (sulfide) groups is 1.